The smallest absolute Gasteiger partial charge is 0.245 e. The van der Waals surface area contributed by atoms with E-state index in [0.29, 0.717) is 4.73 Å². The number of pyridine rings is 1. The van der Waals surface area contributed by atoms with Gasteiger partial charge in [-0.2, -0.15) is 4.98 Å². The summed E-state index contributed by atoms with van der Waals surface area (Å²) in [5.74, 6) is 0.751. The van der Waals surface area contributed by atoms with E-state index >= 15 is 0 Å². The van der Waals surface area contributed by atoms with Crippen LogP contribution in [0, 0.1) is 0 Å². The average Bonchev–Trinajstić information content (AvgIpc) is 3.11. The van der Waals surface area contributed by atoms with Gasteiger partial charge in [-0.25, -0.2) is 0 Å². The van der Waals surface area contributed by atoms with E-state index in [1.165, 1.54) is 5.56 Å². The summed E-state index contributed by atoms with van der Waals surface area (Å²) < 4.78 is 0.667. The number of rotatable bonds is 4. The Balaban J connectivity index is 1.55. The maximum atomic E-state index is 4.62. The minimum atomic E-state index is 0.170. The molecule has 0 amide bonds. The molecule has 1 aliphatic heterocycles. The molecule has 1 aromatic carbocycles. The number of aromatic amines is 1. The fraction of sp³-hybridized carbons (Fsp3) is 0.278. The molecule has 0 saturated carbocycles. The summed E-state index contributed by atoms with van der Waals surface area (Å²) >= 11 is 3.32. The van der Waals surface area contributed by atoms with Gasteiger partial charge in [0.1, 0.15) is 0 Å². The molecule has 0 spiro atoms. The number of halogens is 1. The topological polar surface area (TPSA) is 60.9 Å². The normalized spacial score (nSPS) is 16.8. The monoisotopic (exact) mass is 398 g/mol. The Morgan fingerprint density at radius 2 is 1.72 bits per heavy atom. The molecule has 3 heterocycles. The molecule has 0 aliphatic carbocycles. The summed E-state index contributed by atoms with van der Waals surface area (Å²) in [6, 6.07) is 16.9. The third kappa shape index (κ3) is 3.57. The van der Waals surface area contributed by atoms with E-state index in [4.69, 9.17) is 0 Å². The molecule has 1 fully saturated rings. The molecule has 128 valence electrons. The van der Waals surface area contributed by atoms with Gasteiger partial charge in [0.05, 0.1) is 11.7 Å². The van der Waals surface area contributed by atoms with Gasteiger partial charge in [-0.15, -0.1) is 5.10 Å². The molecule has 1 aliphatic rings. The first-order valence-electron chi connectivity index (χ1n) is 8.34. The van der Waals surface area contributed by atoms with E-state index < -0.39 is 0 Å². The second kappa shape index (κ2) is 7.33. The van der Waals surface area contributed by atoms with Crippen LogP contribution in [0.3, 0.4) is 0 Å². The Morgan fingerprint density at radius 1 is 0.960 bits per heavy atom. The second-order valence-electron chi connectivity index (χ2n) is 6.02. The molecular formula is C18H19BrN6. The van der Waals surface area contributed by atoms with Gasteiger partial charge in [0.25, 0.3) is 0 Å². The average molecular weight is 399 g/mol. The standard InChI is InChI=1S/C18H19BrN6/c19-17-21-18(23-22-17)25-12-10-24(11-13-25)16(14-6-2-1-3-7-14)15-8-4-5-9-20-15/h1-9,16H,10-13H2,(H,21,22,23). The second-order valence-corrected chi connectivity index (χ2v) is 6.77. The largest absolute Gasteiger partial charge is 0.337 e. The molecule has 2 aromatic heterocycles. The number of piperazine rings is 1. The molecule has 1 atom stereocenters. The van der Waals surface area contributed by atoms with Gasteiger partial charge in [-0.05, 0) is 33.6 Å². The van der Waals surface area contributed by atoms with Crippen LogP contribution < -0.4 is 4.90 Å². The van der Waals surface area contributed by atoms with Crippen molar-refractivity contribution in [1.29, 1.82) is 0 Å². The van der Waals surface area contributed by atoms with Gasteiger partial charge >= 0.3 is 0 Å². The predicted octanol–water partition coefficient (Wildman–Crippen LogP) is 2.87. The number of nitrogens with one attached hydrogen (secondary N) is 1. The van der Waals surface area contributed by atoms with Crippen molar-refractivity contribution in [2.24, 2.45) is 0 Å². The summed E-state index contributed by atoms with van der Waals surface area (Å²) in [4.78, 5) is 13.7. The SMILES string of the molecule is Brc1nc(N2CCN(C(c3ccccc3)c3ccccn3)CC2)n[nH]1. The van der Waals surface area contributed by atoms with Crippen molar-refractivity contribution in [2.45, 2.75) is 6.04 Å². The van der Waals surface area contributed by atoms with Crippen LogP contribution in [-0.4, -0.2) is 51.2 Å². The highest BCUT2D eigenvalue weighted by Crippen LogP contribution is 2.28. The van der Waals surface area contributed by atoms with Crippen molar-refractivity contribution in [1.82, 2.24) is 25.1 Å². The van der Waals surface area contributed by atoms with Crippen LogP contribution in [0.1, 0.15) is 17.3 Å². The molecule has 6 nitrogen and oxygen atoms in total. The molecule has 3 aromatic rings. The molecular weight excluding hydrogens is 380 g/mol. The minimum absolute atomic E-state index is 0.170. The highest BCUT2D eigenvalue weighted by atomic mass is 79.9. The molecule has 1 unspecified atom stereocenters. The Hall–Kier alpha value is -2.25. The summed E-state index contributed by atoms with van der Waals surface area (Å²) in [5, 5.41) is 7.08. The quantitative estimate of drug-likeness (QED) is 0.731. The fourth-order valence-electron chi connectivity index (χ4n) is 3.30. The third-order valence-corrected chi connectivity index (χ3v) is 4.85. The van der Waals surface area contributed by atoms with Crippen LogP contribution in [0.2, 0.25) is 0 Å². The minimum Gasteiger partial charge on any atom is -0.337 e. The predicted molar refractivity (Wildman–Crippen MR) is 100 cm³/mol. The van der Waals surface area contributed by atoms with Gasteiger partial charge in [0.15, 0.2) is 4.73 Å². The Kier molecular flexibility index (Phi) is 4.76. The van der Waals surface area contributed by atoms with E-state index in [1.54, 1.807) is 0 Å². The first-order valence-corrected chi connectivity index (χ1v) is 9.13. The number of hydrogen-bond acceptors (Lipinski definition) is 5. The molecule has 1 saturated heterocycles. The summed E-state index contributed by atoms with van der Waals surface area (Å²) in [6.07, 6.45) is 1.87. The van der Waals surface area contributed by atoms with Crippen LogP contribution in [0.4, 0.5) is 5.95 Å². The maximum Gasteiger partial charge on any atom is 0.245 e. The molecule has 25 heavy (non-hydrogen) atoms. The first kappa shape index (κ1) is 16.2. The van der Waals surface area contributed by atoms with E-state index in [0.717, 1.165) is 37.8 Å². The molecule has 0 bridgehead atoms. The molecule has 4 rings (SSSR count). The van der Waals surface area contributed by atoms with Crippen LogP contribution >= 0.6 is 15.9 Å². The van der Waals surface area contributed by atoms with E-state index in [2.05, 4.69) is 88.4 Å². The molecule has 7 heteroatoms. The first-order chi connectivity index (χ1) is 12.3. The number of benzene rings is 1. The lowest BCUT2D eigenvalue weighted by atomic mass is 10.0. The van der Waals surface area contributed by atoms with Gasteiger partial charge in [0, 0.05) is 32.4 Å². The number of H-pyrrole nitrogens is 1. The number of aromatic nitrogens is 4. The highest BCUT2D eigenvalue weighted by Gasteiger charge is 2.28. The van der Waals surface area contributed by atoms with Gasteiger partial charge in [0.2, 0.25) is 5.95 Å². The zero-order valence-corrected chi connectivity index (χ0v) is 15.3. The zero-order chi connectivity index (χ0) is 17.1. The molecule has 0 radical (unpaired) electrons. The zero-order valence-electron chi connectivity index (χ0n) is 13.7. The van der Waals surface area contributed by atoms with Crippen LogP contribution in [0.15, 0.2) is 59.5 Å². The summed E-state index contributed by atoms with van der Waals surface area (Å²) in [7, 11) is 0. The Labute approximate surface area is 155 Å². The highest BCUT2D eigenvalue weighted by molar-refractivity contribution is 9.10. The summed E-state index contributed by atoms with van der Waals surface area (Å²) in [6.45, 7) is 3.64. The van der Waals surface area contributed by atoms with Crippen LogP contribution in [-0.2, 0) is 0 Å². The molecule has 1 N–H and O–H groups in total. The van der Waals surface area contributed by atoms with Gasteiger partial charge in [-0.1, -0.05) is 36.4 Å². The van der Waals surface area contributed by atoms with Crippen molar-refractivity contribution >= 4 is 21.9 Å². The number of nitrogens with zero attached hydrogens (tertiary/aromatic N) is 5. The number of hydrogen-bond donors (Lipinski definition) is 1. The van der Waals surface area contributed by atoms with Crippen LogP contribution in [0.25, 0.3) is 0 Å². The third-order valence-electron chi connectivity index (χ3n) is 4.49. The van der Waals surface area contributed by atoms with E-state index in [1.807, 2.05) is 12.3 Å². The lowest BCUT2D eigenvalue weighted by Crippen LogP contribution is -2.48. The summed E-state index contributed by atoms with van der Waals surface area (Å²) in [5.41, 5.74) is 2.36. The van der Waals surface area contributed by atoms with Crippen molar-refractivity contribution in [3.05, 3.63) is 70.7 Å². The van der Waals surface area contributed by atoms with E-state index in [-0.39, 0.29) is 6.04 Å². The van der Waals surface area contributed by atoms with Crippen molar-refractivity contribution in [3.8, 4) is 0 Å². The van der Waals surface area contributed by atoms with Gasteiger partial charge in [-0.3, -0.25) is 15.0 Å². The van der Waals surface area contributed by atoms with Crippen molar-refractivity contribution < 1.29 is 0 Å². The van der Waals surface area contributed by atoms with Crippen LogP contribution in [0.5, 0.6) is 0 Å². The lowest BCUT2D eigenvalue weighted by molar-refractivity contribution is 0.208. The Morgan fingerprint density at radius 3 is 2.36 bits per heavy atom. The van der Waals surface area contributed by atoms with Crippen molar-refractivity contribution in [3.63, 3.8) is 0 Å². The van der Waals surface area contributed by atoms with Crippen molar-refractivity contribution in [2.75, 3.05) is 31.1 Å². The van der Waals surface area contributed by atoms with E-state index in [9.17, 15) is 0 Å². The Bertz CT molecular complexity index is 759. The number of anilines is 1. The fourth-order valence-corrected chi connectivity index (χ4v) is 3.54. The lowest BCUT2D eigenvalue weighted by Gasteiger charge is -2.38. The van der Waals surface area contributed by atoms with Gasteiger partial charge < -0.3 is 4.90 Å². The maximum absolute atomic E-state index is 4.62.